The number of nitrogens with two attached hydrogens (primary N) is 1. The first-order chi connectivity index (χ1) is 17.9. The van der Waals surface area contributed by atoms with Crippen molar-refractivity contribution in [1.82, 2.24) is 14.9 Å². The SMILES string of the molecule is COc1cc2ncnc(Nc3cccc(Cl)c3F)c2cc1O[C@H]1CCN(C(=O)O)[C@](C(N)=O)(C(C)(C)C)C1. The maximum Gasteiger partial charge on any atom is 0.408 e. The molecule has 1 aliphatic heterocycles. The highest BCUT2D eigenvalue weighted by molar-refractivity contribution is 6.31. The van der Waals surface area contributed by atoms with E-state index in [9.17, 15) is 19.1 Å². The molecule has 1 fully saturated rings. The van der Waals surface area contributed by atoms with Crippen molar-refractivity contribution in [2.45, 2.75) is 45.3 Å². The summed E-state index contributed by atoms with van der Waals surface area (Å²) in [6, 6.07) is 7.89. The highest BCUT2D eigenvalue weighted by atomic mass is 35.5. The van der Waals surface area contributed by atoms with E-state index in [2.05, 4.69) is 15.3 Å². The van der Waals surface area contributed by atoms with Crippen molar-refractivity contribution in [1.29, 1.82) is 0 Å². The van der Waals surface area contributed by atoms with Crippen molar-refractivity contribution < 1.29 is 28.6 Å². The van der Waals surface area contributed by atoms with Crippen LogP contribution in [0.5, 0.6) is 11.5 Å². The van der Waals surface area contributed by atoms with Gasteiger partial charge in [0.15, 0.2) is 17.3 Å². The number of amides is 2. The van der Waals surface area contributed by atoms with Crippen LogP contribution in [-0.2, 0) is 4.79 Å². The third kappa shape index (κ3) is 4.73. The van der Waals surface area contributed by atoms with Crippen LogP contribution in [0.15, 0.2) is 36.7 Å². The topological polar surface area (TPSA) is 140 Å². The summed E-state index contributed by atoms with van der Waals surface area (Å²) in [6.07, 6.45) is -0.0810. The summed E-state index contributed by atoms with van der Waals surface area (Å²) in [5.41, 5.74) is 4.17. The number of nitrogens with zero attached hydrogens (tertiary/aromatic N) is 3. The minimum Gasteiger partial charge on any atom is -0.493 e. The van der Waals surface area contributed by atoms with Crippen LogP contribution in [0.2, 0.25) is 5.02 Å². The van der Waals surface area contributed by atoms with E-state index in [0.717, 1.165) is 4.90 Å². The molecule has 0 radical (unpaired) electrons. The van der Waals surface area contributed by atoms with Gasteiger partial charge in [0.05, 0.1) is 23.3 Å². The number of hydrogen-bond donors (Lipinski definition) is 3. The van der Waals surface area contributed by atoms with Gasteiger partial charge in [0.2, 0.25) is 5.91 Å². The first-order valence-corrected chi connectivity index (χ1v) is 12.3. The number of primary amides is 1. The number of nitrogens with one attached hydrogen (secondary N) is 1. The average Bonchev–Trinajstić information content (AvgIpc) is 2.85. The van der Waals surface area contributed by atoms with E-state index in [4.69, 9.17) is 26.8 Å². The Hall–Kier alpha value is -3.86. The van der Waals surface area contributed by atoms with Gasteiger partial charge in [-0.1, -0.05) is 38.4 Å². The number of piperidine rings is 1. The van der Waals surface area contributed by atoms with E-state index in [-0.39, 0.29) is 23.7 Å². The smallest absolute Gasteiger partial charge is 0.408 e. The normalized spacial score (nSPS) is 19.7. The maximum atomic E-state index is 14.6. The lowest BCUT2D eigenvalue weighted by molar-refractivity contribution is -0.144. The maximum absolute atomic E-state index is 14.6. The summed E-state index contributed by atoms with van der Waals surface area (Å²) < 4.78 is 26.4. The molecule has 0 aliphatic carbocycles. The van der Waals surface area contributed by atoms with Gasteiger partial charge in [-0.05, 0) is 23.6 Å². The minimum atomic E-state index is -1.49. The third-order valence-corrected chi connectivity index (χ3v) is 7.25. The van der Waals surface area contributed by atoms with E-state index in [1.54, 1.807) is 39.0 Å². The van der Waals surface area contributed by atoms with Gasteiger partial charge in [0.25, 0.3) is 0 Å². The number of hydrogen-bond acceptors (Lipinski definition) is 7. The Balaban J connectivity index is 1.73. The summed E-state index contributed by atoms with van der Waals surface area (Å²) in [4.78, 5) is 34.5. The summed E-state index contributed by atoms with van der Waals surface area (Å²) in [5.74, 6) is -0.358. The van der Waals surface area contributed by atoms with Crippen molar-refractivity contribution in [2.75, 3.05) is 19.0 Å². The van der Waals surface area contributed by atoms with Gasteiger partial charge >= 0.3 is 6.09 Å². The number of halogens is 2. The Bertz CT molecular complexity index is 1400. The van der Waals surface area contributed by atoms with Crippen LogP contribution in [-0.4, -0.2) is 57.3 Å². The molecule has 1 aliphatic rings. The van der Waals surface area contributed by atoms with E-state index in [0.29, 0.717) is 34.6 Å². The van der Waals surface area contributed by atoms with E-state index in [1.807, 2.05) is 0 Å². The Kier molecular flexibility index (Phi) is 7.24. The van der Waals surface area contributed by atoms with E-state index < -0.39 is 34.9 Å². The van der Waals surface area contributed by atoms with Gasteiger partial charge < -0.3 is 25.6 Å². The van der Waals surface area contributed by atoms with Crippen molar-refractivity contribution in [2.24, 2.45) is 11.1 Å². The number of anilines is 2. The lowest BCUT2D eigenvalue weighted by Crippen LogP contribution is -2.70. The number of rotatable bonds is 6. The highest BCUT2D eigenvalue weighted by Gasteiger charge is 2.57. The number of ether oxygens (including phenoxy) is 2. The molecule has 0 spiro atoms. The van der Waals surface area contributed by atoms with Crippen molar-refractivity contribution >= 4 is 46.0 Å². The van der Waals surface area contributed by atoms with Crippen molar-refractivity contribution in [3.8, 4) is 11.5 Å². The standard InChI is InChI=1S/C26H29ClFN5O5/c1-25(2,3)26(23(29)34)12-14(8-9-33(26)24(35)36)38-20-10-15-18(11-19(20)37-4)30-13-31-22(15)32-17-7-5-6-16(27)21(17)28/h5-7,10-11,13-14H,8-9,12H2,1-4H3,(H2,29,34)(H,35,36)(H,30,31,32)/t14-,26+/m0/s1. The van der Waals surface area contributed by atoms with E-state index >= 15 is 0 Å². The van der Waals surface area contributed by atoms with Crippen LogP contribution in [0.25, 0.3) is 10.9 Å². The average molecular weight is 546 g/mol. The zero-order valence-electron chi connectivity index (χ0n) is 21.4. The fraction of sp³-hybridized carbons (Fsp3) is 0.385. The lowest BCUT2D eigenvalue weighted by Gasteiger charge is -2.52. The molecule has 38 heavy (non-hydrogen) atoms. The lowest BCUT2D eigenvalue weighted by atomic mass is 9.66. The summed E-state index contributed by atoms with van der Waals surface area (Å²) in [7, 11) is 1.48. The molecule has 1 aromatic heterocycles. The predicted molar refractivity (Wildman–Crippen MR) is 141 cm³/mol. The fourth-order valence-corrected chi connectivity index (χ4v) is 5.18. The Labute approximate surface area is 223 Å². The van der Waals surface area contributed by atoms with Crippen LogP contribution in [0, 0.1) is 11.2 Å². The minimum absolute atomic E-state index is 0.0384. The molecule has 202 valence electrons. The van der Waals surface area contributed by atoms with Gasteiger partial charge in [-0.15, -0.1) is 0 Å². The molecule has 2 heterocycles. The van der Waals surface area contributed by atoms with Crippen LogP contribution < -0.4 is 20.5 Å². The Morgan fingerprint density at radius 2 is 2.00 bits per heavy atom. The summed E-state index contributed by atoms with van der Waals surface area (Å²) in [5, 5.41) is 13.3. The molecule has 0 bridgehead atoms. The second-order valence-corrected chi connectivity index (χ2v) is 10.5. The molecule has 2 aromatic carbocycles. The summed E-state index contributed by atoms with van der Waals surface area (Å²) in [6.45, 7) is 5.38. The molecule has 1 saturated heterocycles. The number of likely N-dealkylation sites (tertiary alicyclic amines) is 1. The second kappa shape index (κ2) is 10.1. The van der Waals surface area contributed by atoms with Crippen LogP contribution in [0.1, 0.15) is 33.6 Å². The van der Waals surface area contributed by atoms with Gasteiger partial charge in [-0.2, -0.15) is 0 Å². The first kappa shape index (κ1) is 27.2. The van der Waals surface area contributed by atoms with Gasteiger partial charge in [0, 0.05) is 30.8 Å². The molecular formula is C26H29ClFN5O5. The number of fused-ring (bicyclic) bond motifs is 1. The molecule has 3 aromatic rings. The zero-order chi connectivity index (χ0) is 27.8. The predicted octanol–water partition coefficient (Wildman–Crippen LogP) is 4.97. The Morgan fingerprint density at radius 1 is 1.26 bits per heavy atom. The number of methoxy groups -OCH3 is 1. The van der Waals surface area contributed by atoms with E-state index in [1.165, 1.54) is 25.6 Å². The number of carbonyl (C=O) groups is 2. The van der Waals surface area contributed by atoms with Gasteiger partial charge in [-0.3, -0.25) is 9.69 Å². The third-order valence-electron chi connectivity index (χ3n) is 6.96. The molecule has 4 rings (SSSR count). The summed E-state index contributed by atoms with van der Waals surface area (Å²) >= 11 is 5.92. The molecule has 0 saturated carbocycles. The molecule has 2 amide bonds. The first-order valence-electron chi connectivity index (χ1n) is 11.9. The molecule has 4 N–H and O–H groups in total. The Morgan fingerprint density at radius 3 is 2.63 bits per heavy atom. The van der Waals surface area contributed by atoms with Crippen LogP contribution >= 0.6 is 11.6 Å². The fourth-order valence-electron chi connectivity index (χ4n) is 5.00. The number of benzene rings is 2. The van der Waals surface area contributed by atoms with Crippen molar-refractivity contribution in [3.05, 3.63) is 47.5 Å². The monoisotopic (exact) mass is 545 g/mol. The van der Waals surface area contributed by atoms with Crippen molar-refractivity contribution in [3.63, 3.8) is 0 Å². The zero-order valence-corrected chi connectivity index (χ0v) is 22.2. The second-order valence-electron chi connectivity index (χ2n) is 10.1. The van der Waals surface area contributed by atoms with Crippen LogP contribution in [0.3, 0.4) is 0 Å². The number of carbonyl (C=O) groups excluding carboxylic acids is 1. The molecule has 12 heteroatoms. The number of aromatic nitrogens is 2. The largest absolute Gasteiger partial charge is 0.493 e. The molecule has 0 unspecified atom stereocenters. The molecular weight excluding hydrogens is 517 g/mol. The quantitative estimate of drug-likeness (QED) is 0.394. The molecule has 2 atom stereocenters. The van der Waals surface area contributed by atoms with Crippen LogP contribution in [0.4, 0.5) is 20.7 Å². The van der Waals surface area contributed by atoms with Gasteiger partial charge in [-0.25, -0.2) is 19.2 Å². The highest BCUT2D eigenvalue weighted by Crippen LogP contribution is 2.45. The number of carboxylic acid groups (broad SMARTS) is 1. The van der Waals surface area contributed by atoms with Gasteiger partial charge in [0.1, 0.15) is 23.8 Å². The molecule has 10 nitrogen and oxygen atoms in total.